The van der Waals surface area contributed by atoms with Gasteiger partial charge in [0.2, 0.25) is 0 Å². The summed E-state index contributed by atoms with van der Waals surface area (Å²) in [6.45, 7) is 3.34. The second kappa shape index (κ2) is 5.24. The lowest BCUT2D eigenvalue weighted by molar-refractivity contribution is 0.347. The summed E-state index contributed by atoms with van der Waals surface area (Å²) in [6.07, 6.45) is 2.09. The van der Waals surface area contributed by atoms with Gasteiger partial charge in [-0.2, -0.15) is 0 Å². The number of aryl methyl sites for hydroxylation is 1. The van der Waals surface area contributed by atoms with Crippen molar-refractivity contribution in [3.05, 3.63) is 35.8 Å². The maximum Gasteiger partial charge on any atom is 0.148 e. The summed E-state index contributed by atoms with van der Waals surface area (Å²) in [4.78, 5) is 6.50. The third-order valence-electron chi connectivity index (χ3n) is 3.97. The molecule has 0 atom stereocenters. The van der Waals surface area contributed by atoms with Gasteiger partial charge in [0.25, 0.3) is 0 Å². The Morgan fingerprint density at radius 1 is 1.33 bits per heavy atom. The van der Waals surface area contributed by atoms with E-state index in [1.165, 1.54) is 0 Å². The predicted octanol–water partition coefficient (Wildman–Crippen LogP) is 2.94. The molecule has 2 heterocycles. The minimum atomic E-state index is 0.245. The zero-order chi connectivity index (χ0) is 15.0. The zero-order valence-corrected chi connectivity index (χ0v) is 12.4. The normalized spacial score (nSPS) is 15.5. The number of fused-ring (bicyclic) bond motifs is 1. The van der Waals surface area contributed by atoms with Gasteiger partial charge in [0.05, 0.1) is 23.2 Å². The highest BCUT2D eigenvalue weighted by molar-refractivity contribution is 6.23. The Bertz CT molecular complexity index is 729. The average molecular weight is 284 g/mol. The number of hydrogen-bond acceptors (Lipinski definition) is 3. The number of aromatic nitrogens is 2. The van der Waals surface area contributed by atoms with Crippen LogP contribution in [-0.2, 0) is 7.05 Å². The summed E-state index contributed by atoms with van der Waals surface area (Å²) in [5, 5.41) is 18.6. The van der Waals surface area contributed by atoms with Crippen LogP contribution < -0.4 is 0 Å². The summed E-state index contributed by atoms with van der Waals surface area (Å²) in [5.41, 5.74) is 2.45. The van der Waals surface area contributed by atoms with E-state index >= 15 is 0 Å². The Labute approximate surface area is 124 Å². The van der Waals surface area contributed by atoms with Gasteiger partial charge >= 0.3 is 0 Å². The molecule has 0 saturated carbocycles. The quantitative estimate of drug-likeness (QED) is 0.907. The molecule has 2 N–H and O–H groups in total. The van der Waals surface area contributed by atoms with Crippen molar-refractivity contribution in [3.8, 4) is 0 Å². The molecule has 110 valence electrons. The van der Waals surface area contributed by atoms with E-state index in [4.69, 9.17) is 5.41 Å². The molecule has 1 aromatic carbocycles. The number of imidazole rings is 1. The van der Waals surface area contributed by atoms with Gasteiger partial charge in [-0.15, -0.1) is 0 Å². The van der Waals surface area contributed by atoms with Crippen molar-refractivity contribution in [1.82, 2.24) is 14.5 Å². The van der Waals surface area contributed by atoms with Crippen LogP contribution in [-0.4, -0.2) is 38.5 Å². The van der Waals surface area contributed by atoms with Crippen molar-refractivity contribution < 1.29 is 5.11 Å². The first-order valence-electron chi connectivity index (χ1n) is 7.31. The highest BCUT2D eigenvalue weighted by atomic mass is 16.3. The molecule has 0 unspecified atom stereocenters. The molecule has 2 aromatic rings. The topological polar surface area (TPSA) is 65.1 Å². The standard InChI is InChI=1S/C16H20N4O/c1-3-4-9-20-10-13(21)14(15(20)17)16-18-11-7-5-6-8-12(11)19(16)2/h5-8,17,21H,3-4,9-10H2,1-2H3. The van der Waals surface area contributed by atoms with Crippen molar-refractivity contribution >= 4 is 22.4 Å². The molecular formula is C16H20N4O. The first-order chi connectivity index (χ1) is 10.1. The number of amidine groups is 1. The second-order valence-electron chi connectivity index (χ2n) is 5.43. The van der Waals surface area contributed by atoms with Crippen molar-refractivity contribution in [1.29, 1.82) is 5.41 Å². The van der Waals surface area contributed by atoms with Gasteiger partial charge in [0, 0.05) is 13.6 Å². The molecule has 1 aliphatic rings. The molecule has 0 radical (unpaired) electrons. The van der Waals surface area contributed by atoms with Crippen LogP contribution >= 0.6 is 0 Å². The lowest BCUT2D eigenvalue weighted by Crippen LogP contribution is -2.27. The first kappa shape index (κ1) is 13.7. The fourth-order valence-corrected chi connectivity index (χ4v) is 2.78. The number of para-hydroxylation sites is 2. The lowest BCUT2D eigenvalue weighted by Gasteiger charge is -2.17. The Hall–Kier alpha value is -2.30. The summed E-state index contributed by atoms with van der Waals surface area (Å²) in [5.74, 6) is 1.28. The Morgan fingerprint density at radius 2 is 2.10 bits per heavy atom. The van der Waals surface area contributed by atoms with Crippen LogP contribution in [0.5, 0.6) is 0 Å². The van der Waals surface area contributed by atoms with Gasteiger partial charge in [-0.25, -0.2) is 4.98 Å². The molecule has 0 amide bonds. The lowest BCUT2D eigenvalue weighted by atomic mass is 10.2. The fourth-order valence-electron chi connectivity index (χ4n) is 2.78. The maximum absolute atomic E-state index is 10.3. The molecule has 5 heteroatoms. The number of nitrogens with zero attached hydrogens (tertiary/aromatic N) is 3. The number of aliphatic hydroxyl groups excluding tert-OH is 1. The van der Waals surface area contributed by atoms with Crippen molar-refractivity contribution in [2.24, 2.45) is 7.05 Å². The summed E-state index contributed by atoms with van der Waals surface area (Å²) < 4.78 is 1.94. The molecule has 0 saturated heterocycles. The van der Waals surface area contributed by atoms with Crippen LogP contribution in [0.4, 0.5) is 0 Å². The zero-order valence-electron chi connectivity index (χ0n) is 12.4. The number of aliphatic hydroxyl groups is 1. The van der Waals surface area contributed by atoms with Crippen LogP contribution in [0.1, 0.15) is 25.6 Å². The molecule has 3 rings (SSSR count). The minimum absolute atomic E-state index is 0.245. The molecule has 0 fully saturated rings. The highest BCUT2D eigenvalue weighted by Crippen LogP contribution is 2.28. The number of benzene rings is 1. The smallest absolute Gasteiger partial charge is 0.148 e. The van der Waals surface area contributed by atoms with Crippen LogP contribution in [0.3, 0.4) is 0 Å². The van der Waals surface area contributed by atoms with E-state index in [0.29, 0.717) is 23.8 Å². The van der Waals surface area contributed by atoms with E-state index in [1.807, 2.05) is 40.8 Å². The van der Waals surface area contributed by atoms with Gasteiger partial charge in [-0.3, -0.25) is 5.41 Å². The van der Waals surface area contributed by atoms with Crippen LogP contribution in [0.2, 0.25) is 0 Å². The third-order valence-corrected chi connectivity index (χ3v) is 3.97. The third kappa shape index (κ3) is 2.18. The van der Waals surface area contributed by atoms with Crippen LogP contribution in [0.25, 0.3) is 16.6 Å². The van der Waals surface area contributed by atoms with E-state index in [2.05, 4.69) is 11.9 Å². The molecule has 1 aliphatic heterocycles. The molecule has 21 heavy (non-hydrogen) atoms. The van der Waals surface area contributed by atoms with Gasteiger partial charge in [0.15, 0.2) is 0 Å². The monoisotopic (exact) mass is 284 g/mol. The van der Waals surface area contributed by atoms with Gasteiger partial charge in [-0.1, -0.05) is 25.5 Å². The maximum atomic E-state index is 10.3. The van der Waals surface area contributed by atoms with E-state index in [-0.39, 0.29) is 5.76 Å². The molecule has 1 aromatic heterocycles. The number of unbranched alkanes of at least 4 members (excludes halogenated alkanes) is 1. The average Bonchev–Trinajstić information content (AvgIpc) is 2.95. The summed E-state index contributed by atoms with van der Waals surface area (Å²) in [6, 6.07) is 7.86. The van der Waals surface area contributed by atoms with E-state index in [9.17, 15) is 5.11 Å². The van der Waals surface area contributed by atoms with E-state index in [0.717, 1.165) is 30.4 Å². The van der Waals surface area contributed by atoms with Gasteiger partial charge in [-0.05, 0) is 18.6 Å². The summed E-state index contributed by atoms with van der Waals surface area (Å²) in [7, 11) is 1.92. The second-order valence-corrected chi connectivity index (χ2v) is 5.43. The fraction of sp³-hybridized carbons (Fsp3) is 0.375. The van der Waals surface area contributed by atoms with Crippen molar-refractivity contribution in [2.45, 2.75) is 19.8 Å². The minimum Gasteiger partial charge on any atom is -0.510 e. The number of rotatable bonds is 4. The molecule has 0 spiro atoms. The molecule has 0 aliphatic carbocycles. The van der Waals surface area contributed by atoms with Crippen LogP contribution in [0, 0.1) is 5.41 Å². The number of hydrogen-bond donors (Lipinski definition) is 2. The molecular weight excluding hydrogens is 264 g/mol. The largest absolute Gasteiger partial charge is 0.510 e. The number of nitrogens with one attached hydrogen (secondary N) is 1. The molecule has 5 nitrogen and oxygen atoms in total. The Kier molecular flexibility index (Phi) is 3.41. The highest BCUT2D eigenvalue weighted by Gasteiger charge is 2.30. The van der Waals surface area contributed by atoms with Gasteiger partial charge < -0.3 is 14.6 Å². The van der Waals surface area contributed by atoms with Crippen molar-refractivity contribution in [3.63, 3.8) is 0 Å². The first-order valence-corrected chi connectivity index (χ1v) is 7.31. The van der Waals surface area contributed by atoms with Gasteiger partial charge in [0.1, 0.15) is 17.4 Å². The summed E-state index contributed by atoms with van der Waals surface area (Å²) >= 11 is 0. The Morgan fingerprint density at radius 3 is 2.81 bits per heavy atom. The Balaban J connectivity index is 2.00. The van der Waals surface area contributed by atoms with Crippen molar-refractivity contribution in [2.75, 3.05) is 13.1 Å². The predicted molar refractivity (Wildman–Crippen MR) is 84.5 cm³/mol. The van der Waals surface area contributed by atoms with Crippen LogP contribution in [0.15, 0.2) is 30.0 Å². The SMILES string of the molecule is CCCCN1CC(O)=C(c2nc3ccccc3n2C)C1=N. The molecule has 0 bridgehead atoms. The van der Waals surface area contributed by atoms with E-state index in [1.54, 1.807) is 0 Å². The van der Waals surface area contributed by atoms with E-state index < -0.39 is 0 Å².